The van der Waals surface area contributed by atoms with Crippen LogP contribution in [0.2, 0.25) is 0 Å². The molecule has 0 aromatic rings. The van der Waals surface area contributed by atoms with Gasteiger partial charge >= 0.3 is 0 Å². The number of hydrogen-bond donors (Lipinski definition) is 0. The second-order valence-corrected chi connectivity index (χ2v) is 4.60. The van der Waals surface area contributed by atoms with Crippen LogP contribution < -0.4 is 0 Å². The number of likely N-dealkylation sites (tertiary alicyclic amines) is 1. The maximum absolute atomic E-state index is 8.43. The van der Waals surface area contributed by atoms with E-state index in [1.165, 1.54) is 32.4 Å². The van der Waals surface area contributed by atoms with Crippen LogP contribution in [0.3, 0.4) is 0 Å². The standard InChI is InChI=1S/C12H22N2/c1-11(2)12-7-6-10-14(12)9-5-3-4-8-13/h11-12H,3-7,9-10H2,1-2H3. The van der Waals surface area contributed by atoms with Gasteiger partial charge in [-0.15, -0.1) is 0 Å². The fourth-order valence-corrected chi connectivity index (χ4v) is 2.40. The fraction of sp³-hybridized carbons (Fsp3) is 0.917. The van der Waals surface area contributed by atoms with Gasteiger partial charge in [-0.25, -0.2) is 0 Å². The van der Waals surface area contributed by atoms with Crippen molar-refractivity contribution in [1.82, 2.24) is 4.90 Å². The molecule has 1 aliphatic heterocycles. The van der Waals surface area contributed by atoms with Crippen molar-refractivity contribution >= 4 is 0 Å². The summed E-state index contributed by atoms with van der Waals surface area (Å²) in [5.74, 6) is 0.786. The molecule has 1 fully saturated rings. The van der Waals surface area contributed by atoms with Gasteiger partial charge in [-0.1, -0.05) is 13.8 Å². The molecule has 2 heteroatoms. The van der Waals surface area contributed by atoms with Crippen LogP contribution in [-0.2, 0) is 0 Å². The molecule has 0 aliphatic carbocycles. The zero-order chi connectivity index (χ0) is 10.4. The van der Waals surface area contributed by atoms with Gasteiger partial charge in [0.2, 0.25) is 0 Å². The Hall–Kier alpha value is -0.550. The highest BCUT2D eigenvalue weighted by Gasteiger charge is 2.25. The van der Waals surface area contributed by atoms with Crippen LogP contribution in [0.1, 0.15) is 46.0 Å². The van der Waals surface area contributed by atoms with Gasteiger partial charge in [-0.3, -0.25) is 0 Å². The van der Waals surface area contributed by atoms with E-state index in [0.717, 1.165) is 24.8 Å². The molecule has 1 saturated heterocycles. The van der Waals surface area contributed by atoms with Crippen molar-refractivity contribution in [2.75, 3.05) is 13.1 Å². The molecule has 0 spiro atoms. The first kappa shape index (κ1) is 11.5. The molecule has 1 aliphatic rings. The molecular formula is C12H22N2. The van der Waals surface area contributed by atoms with E-state index in [4.69, 9.17) is 5.26 Å². The third-order valence-corrected chi connectivity index (χ3v) is 3.17. The molecule has 80 valence electrons. The first-order chi connectivity index (χ1) is 6.75. The number of hydrogen-bond acceptors (Lipinski definition) is 2. The molecule has 0 aromatic carbocycles. The second-order valence-electron chi connectivity index (χ2n) is 4.60. The van der Waals surface area contributed by atoms with E-state index in [0.29, 0.717) is 0 Å². The summed E-state index contributed by atoms with van der Waals surface area (Å²) in [6, 6.07) is 3.01. The predicted octanol–water partition coefficient (Wildman–Crippen LogP) is 2.80. The summed E-state index contributed by atoms with van der Waals surface area (Å²) in [5.41, 5.74) is 0. The predicted molar refractivity (Wildman–Crippen MR) is 58.9 cm³/mol. The molecule has 0 amide bonds. The maximum atomic E-state index is 8.43. The SMILES string of the molecule is CC(C)C1CCCN1CCCCC#N. The molecule has 14 heavy (non-hydrogen) atoms. The maximum Gasteiger partial charge on any atom is 0.0621 e. The Labute approximate surface area is 87.9 Å². The van der Waals surface area contributed by atoms with Crippen LogP contribution >= 0.6 is 0 Å². The van der Waals surface area contributed by atoms with Gasteiger partial charge in [-0.2, -0.15) is 5.26 Å². The summed E-state index contributed by atoms with van der Waals surface area (Å²) in [7, 11) is 0. The summed E-state index contributed by atoms with van der Waals surface area (Å²) in [4.78, 5) is 2.61. The topological polar surface area (TPSA) is 27.0 Å². The van der Waals surface area contributed by atoms with Crippen LogP contribution in [0.25, 0.3) is 0 Å². The summed E-state index contributed by atoms with van der Waals surface area (Å²) < 4.78 is 0. The number of unbranched alkanes of at least 4 members (excludes halogenated alkanes) is 2. The van der Waals surface area contributed by atoms with Crippen LogP contribution in [-0.4, -0.2) is 24.0 Å². The molecule has 1 unspecified atom stereocenters. The Morgan fingerprint density at radius 2 is 2.21 bits per heavy atom. The minimum Gasteiger partial charge on any atom is -0.300 e. The lowest BCUT2D eigenvalue weighted by Gasteiger charge is -2.27. The van der Waals surface area contributed by atoms with Gasteiger partial charge in [0.15, 0.2) is 0 Å². The van der Waals surface area contributed by atoms with Gasteiger partial charge in [0.1, 0.15) is 0 Å². The van der Waals surface area contributed by atoms with Crippen LogP contribution in [0.15, 0.2) is 0 Å². The summed E-state index contributed by atoms with van der Waals surface area (Å²) in [5, 5.41) is 8.43. The highest BCUT2D eigenvalue weighted by atomic mass is 15.2. The normalized spacial score (nSPS) is 22.9. The van der Waals surface area contributed by atoms with E-state index in [9.17, 15) is 0 Å². The highest BCUT2D eigenvalue weighted by Crippen LogP contribution is 2.23. The Balaban J connectivity index is 2.19. The third-order valence-electron chi connectivity index (χ3n) is 3.17. The van der Waals surface area contributed by atoms with Gasteiger partial charge < -0.3 is 4.90 Å². The third kappa shape index (κ3) is 3.31. The molecule has 0 N–H and O–H groups in total. The Morgan fingerprint density at radius 3 is 2.86 bits per heavy atom. The Morgan fingerprint density at radius 1 is 1.43 bits per heavy atom. The molecular weight excluding hydrogens is 172 g/mol. The number of rotatable bonds is 5. The van der Waals surface area contributed by atoms with E-state index in [1.807, 2.05) is 0 Å². The van der Waals surface area contributed by atoms with Crippen LogP contribution in [0, 0.1) is 17.2 Å². The average molecular weight is 194 g/mol. The van der Waals surface area contributed by atoms with Gasteiger partial charge in [0.25, 0.3) is 0 Å². The van der Waals surface area contributed by atoms with Crippen molar-refractivity contribution in [3.63, 3.8) is 0 Å². The monoisotopic (exact) mass is 194 g/mol. The van der Waals surface area contributed by atoms with E-state index in [2.05, 4.69) is 24.8 Å². The molecule has 1 heterocycles. The number of nitrogens with zero attached hydrogens (tertiary/aromatic N) is 2. The van der Waals surface area contributed by atoms with Gasteiger partial charge in [0.05, 0.1) is 6.07 Å². The number of nitriles is 1. The Kier molecular flexibility index (Phi) is 4.97. The second kappa shape index (κ2) is 6.03. The van der Waals surface area contributed by atoms with Crippen molar-refractivity contribution in [3.8, 4) is 6.07 Å². The lowest BCUT2D eigenvalue weighted by atomic mass is 10.0. The van der Waals surface area contributed by atoms with Crippen molar-refractivity contribution in [1.29, 1.82) is 5.26 Å². The van der Waals surface area contributed by atoms with Gasteiger partial charge in [0, 0.05) is 12.5 Å². The van der Waals surface area contributed by atoms with Crippen molar-refractivity contribution in [3.05, 3.63) is 0 Å². The van der Waals surface area contributed by atoms with Crippen molar-refractivity contribution < 1.29 is 0 Å². The van der Waals surface area contributed by atoms with E-state index >= 15 is 0 Å². The van der Waals surface area contributed by atoms with E-state index < -0.39 is 0 Å². The van der Waals surface area contributed by atoms with E-state index in [1.54, 1.807) is 0 Å². The average Bonchev–Trinajstić information content (AvgIpc) is 2.60. The smallest absolute Gasteiger partial charge is 0.0621 e. The van der Waals surface area contributed by atoms with Crippen molar-refractivity contribution in [2.24, 2.45) is 5.92 Å². The molecule has 0 aromatic heterocycles. The lowest BCUT2D eigenvalue weighted by molar-refractivity contribution is 0.203. The summed E-state index contributed by atoms with van der Waals surface area (Å²) in [6.45, 7) is 7.11. The zero-order valence-electron chi connectivity index (χ0n) is 9.50. The van der Waals surface area contributed by atoms with E-state index in [-0.39, 0.29) is 0 Å². The highest BCUT2D eigenvalue weighted by molar-refractivity contribution is 4.81. The molecule has 0 bridgehead atoms. The summed E-state index contributed by atoms with van der Waals surface area (Å²) >= 11 is 0. The molecule has 1 rings (SSSR count). The molecule has 1 atom stereocenters. The van der Waals surface area contributed by atoms with Crippen molar-refractivity contribution in [2.45, 2.75) is 52.0 Å². The lowest BCUT2D eigenvalue weighted by Crippen LogP contribution is -2.34. The Bertz CT molecular complexity index is 193. The molecule has 0 saturated carbocycles. The molecule has 0 radical (unpaired) electrons. The quantitative estimate of drug-likeness (QED) is 0.629. The fourth-order valence-electron chi connectivity index (χ4n) is 2.40. The largest absolute Gasteiger partial charge is 0.300 e. The summed E-state index contributed by atoms with van der Waals surface area (Å²) in [6.07, 6.45) is 5.71. The first-order valence-corrected chi connectivity index (χ1v) is 5.86. The molecule has 2 nitrogen and oxygen atoms in total. The van der Waals surface area contributed by atoms with Crippen LogP contribution in [0.4, 0.5) is 0 Å². The first-order valence-electron chi connectivity index (χ1n) is 5.86. The van der Waals surface area contributed by atoms with Crippen LogP contribution in [0.5, 0.6) is 0 Å². The zero-order valence-corrected chi connectivity index (χ0v) is 9.50. The minimum absolute atomic E-state index is 0.722. The van der Waals surface area contributed by atoms with Gasteiger partial charge in [-0.05, 0) is 44.7 Å². The minimum atomic E-state index is 0.722.